The summed E-state index contributed by atoms with van der Waals surface area (Å²) in [4.78, 5) is 25.1. The molecule has 3 aromatic rings. The number of nitrogens with one attached hydrogen (secondary N) is 1. The number of amides is 1. The van der Waals surface area contributed by atoms with Gasteiger partial charge >= 0.3 is 5.97 Å². The lowest BCUT2D eigenvalue weighted by molar-refractivity contribution is -0.124. The molecule has 1 aromatic carbocycles. The first kappa shape index (κ1) is 17.0. The molecule has 128 valence electrons. The van der Waals surface area contributed by atoms with Crippen LogP contribution in [0.1, 0.15) is 15.2 Å². The maximum atomic E-state index is 12.1. The molecule has 25 heavy (non-hydrogen) atoms. The highest BCUT2D eigenvalue weighted by Crippen LogP contribution is 2.12. The quantitative estimate of drug-likeness (QED) is 0.664. The molecule has 1 N–H and O–H groups in total. The molecule has 0 aliphatic heterocycles. The van der Waals surface area contributed by atoms with Crippen LogP contribution in [0.2, 0.25) is 0 Å². The molecule has 5 nitrogen and oxygen atoms in total. The Labute approximate surface area is 149 Å². The summed E-state index contributed by atoms with van der Waals surface area (Å²) in [6.45, 7) is 0.247. The van der Waals surface area contributed by atoms with Crippen molar-refractivity contribution in [2.45, 2.75) is 6.42 Å². The fraction of sp³-hybridized carbons (Fsp3) is 0.158. The summed E-state index contributed by atoms with van der Waals surface area (Å²) in [5, 5.41) is 4.75. The van der Waals surface area contributed by atoms with Gasteiger partial charge in [-0.25, -0.2) is 4.79 Å². The number of carbonyl (C=O) groups is 2. The summed E-state index contributed by atoms with van der Waals surface area (Å²) in [5.74, 6) is -0.811. The van der Waals surface area contributed by atoms with E-state index < -0.39 is 5.97 Å². The Morgan fingerprint density at radius 3 is 2.68 bits per heavy atom. The van der Waals surface area contributed by atoms with Gasteiger partial charge in [-0.15, -0.1) is 11.3 Å². The minimum atomic E-state index is -0.512. The van der Waals surface area contributed by atoms with Gasteiger partial charge in [-0.1, -0.05) is 12.1 Å². The third-order valence-electron chi connectivity index (χ3n) is 3.59. The summed E-state index contributed by atoms with van der Waals surface area (Å²) in [6, 6.07) is 14.9. The number of rotatable bonds is 7. The van der Waals surface area contributed by atoms with E-state index >= 15 is 0 Å². The summed E-state index contributed by atoms with van der Waals surface area (Å²) in [7, 11) is 0. The predicted molar refractivity (Wildman–Crippen MR) is 97.1 cm³/mol. The van der Waals surface area contributed by atoms with Gasteiger partial charge in [0.2, 0.25) is 0 Å². The van der Waals surface area contributed by atoms with Crippen molar-refractivity contribution in [1.82, 2.24) is 9.88 Å². The number of benzene rings is 1. The molecule has 2 aromatic heterocycles. The first-order valence-electron chi connectivity index (χ1n) is 7.92. The second-order valence-electron chi connectivity index (χ2n) is 5.40. The van der Waals surface area contributed by atoms with Crippen LogP contribution in [-0.2, 0) is 16.0 Å². The Hall–Kier alpha value is -2.86. The highest BCUT2D eigenvalue weighted by atomic mass is 32.1. The number of thiophene rings is 1. The molecule has 6 heteroatoms. The maximum Gasteiger partial charge on any atom is 0.338 e. The standard InChI is InChI=1S/C19H18N2O3S/c22-18(20-9-8-17-7-4-12-25-17)14-24-19(23)15-5-3-6-16(13-15)21-10-1-2-11-21/h1-7,10-13H,8-9,14H2,(H,20,22). The Bertz CT molecular complexity index is 826. The smallest absolute Gasteiger partial charge is 0.338 e. The van der Waals surface area contributed by atoms with Crippen LogP contribution in [0.4, 0.5) is 0 Å². The van der Waals surface area contributed by atoms with Crippen LogP contribution < -0.4 is 5.32 Å². The van der Waals surface area contributed by atoms with Crippen molar-refractivity contribution in [2.24, 2.45) is 0 Å². The van der Waals surface area contributed by atoms with E-state index in [1.54, 1.807) is 29.5 Å². The number of hydrogen-bond donors (Lipinski definition) is 1. The first-order chi connectivity index (χ1) is 12.2. The molecule has 0 radical (unpaired) electrons. The minimum absolute atomic E-state index is 0.281. The maximum absolute atomic E-state index is 12.1. The SMILES string of the molecule is O=C(COC(=O)c1cccc(-n2cccc2)c1)NCCc1cccs1. The summed E-state index contributed by atoms with van der Waals surface area (Å²) < 4.78 is 6.99. The first-order valence-corrected chi connectivity index (χ1v) is 8.80. The summed E-state index contributed by atoms with van der Waals surface area (Å²) in [5.41, 5.74) is 1.28. The van der Waals surface area contributed by atoms with Crippen molar-refractivity contribution < 1.29 is 14.3 Å². The number of nitrogens with zero attached hydrogens (tertiary/aromatic N) is 1. The molecule has 0 saturated carbocycles. The number of carbonyl (C=O) groups excluding carboxylic acids is 2. The molecule has 0 fully saturated rings. The molecule has 0 unspecified atom stereocenters. The van der Waals surface area contributed by atoms with Crippen LogP contribution in [0.25, 0.3) is 5.69 Å². The number of esters is 1. The van der Waals surface area contributed by atoms with E-state index in [0.29, 0.717) is 12.1 Å². The molecule has 0 aliphatic carbocycles. The monoisotopic (exact) mass is 354 g/mol. The molecule has 1 amide bonds. The van der Waals surface area contributed by atoms with Gasteiger partial charge in [0.1, 0.15) is 0 Å². The lowest BCUT2D eigenvalue weighted by atomic mass is 10.2. The average Bonchev–Trinajstić information content (AvgIpc) is 3.33. The second-order valence-corrected chi connectivity index (χ2v) is 6.43. The Morgan fingerprint density at radius 1 is 1.08 bits per heavy atom. The Morgan fingerprint density at radius 2 is 1.92 bits per heavy atom. The fourth-order valence-corrected chi connectivity index (χ4v) is 3.05. The van der Waals surface area contributed by atoms with E-state index in [9.17, 15) is 9.59 Å². The van der Waals surface area contributed by atoms with Gasteiger partial charge in [0, 0.05) is 29.5 Å². The molecular formula is C19H18N2O3S. The number of ether oxygens (including phenoxy) is 1. The highest BCUT2D eigenvalue weighted by Gasteiger charge is 2.11. The number of aromatic nitrogens is 1. The van der Waals surface area contributed by atoms with Crippen LogP contribution in [0, 0.1) is 0 Å². The zero-order chi connectivity index (χ0) is 17.5. The average molecular weight is 354 g/mol. The Kier molecular flexibility index (Phi) is 5.64. The Balaban J connectivity index is 1.47. The second kappa shape index (κ2) is 8.30. The third-order valence-corrected chi connectivity index (χ3v) is 4.53. The molecule has 0 bridgehead atoms. The summed E-state index contributed by atoms with van der Waals surface area (Å²) in [6.07, 6.45) is 4.56. The van der Waals surface area contributed by atoms with Gasteiger partial charge in [-0.2, -0.15) is 0 Å². The predicted octanol–water partition coefficient (Wildman–Crippen LogP) is 3.05. The molecule has 0 saturated heterocycles. The largest absolute Gasteiger partial charge is 0.452 e. The van der Waals surface area contributed by atoms with E-state index in [4.69, 9.17) is 4.74 Å². The van der Waals surface area contributed by atoms with E-state index in [-0.39, 0.29) is 12.5 Å². The van der Waals surface area contributed by atoms with Crippen LogP contribution in [0.5, 0.6) is 0 Å². The van der Waals surface area contributed by atoms with Crippen molar-refractivity contribution in [3.05, 3.63) is 76.7 Å². The highest BCUT2D eigenvalue weighted by molar-refractivity contribution is 7.09. The molecule has 0 aliphatic rings. The van der Waals surface area contributed by atoms with E-state index in [2.05, 4.69) is 5.32 Å². The summed E-state index contributed by atoms with van der Waals surface area (Å²) >= 11 is 1.65. The molecule has 3 rings (SSSR count). The molecule has 0 atom stereocenters. The van der Waals surface area contributed by atoms with Crippen molar-refractivity contribution in [3.8, 4) is 5.69 Å². The molecular weight excluding hydrogens is 336 g/mol. The van der Waals surface area contributed by atoms with Crippen molar-refractivity contribution in [1.29, 1.82) is 0 Å². The third kappa shape index (κ3) is 4.81. The minimum Gasteiger partial charge on any atom is -0.452 e. The van der Waals surface area contributed by atoms with Crippen molar-refractivity contribution >= 4 is 23.2 Å². The van der Waals surface area contributed by atoms with E-state index in [0.717, 1.165) is 12.1 Å². The van der Waals surface area contributed by atoms with E-state index in [1.165, 1.54) is 4.88 Å². The van der Waals surface area contributed by atoms with Crippen molar-refractivity contribution in [3.63, 3.8) is 0 Å². The zero-order valence-electron chi connectivity index (χ0n) is 13.6. The molecule has 2 heterocycles. The van der Waals surface area contributed by atoms with Crippen LogP contribution >= 0.6 is 11.3 Å². The fourth-order valence-electron chi connectivity index (χ4n) is 2.35. The lowest BCUT2D eigenvalue weighted by Gasteiger charge is -2.08. The van der Waals surface area contributed by atoms with Crippen molar-refractivity contribution in [2.75, 3.05) is 13.2 Å². The van der Waals surface area contributed by atoms with Gasteiger partial charge in [0.05, 0.1) is 5.56 Å². The molecule has 0 spiro atoms. The normalized spacial score (nSPS) is 10.4. The number of hydrogen-bond acceptors (Lipinski definition) is 4. The van der Waals surface area contributed by atoms with Gasteiger partial charge in [-0.05, 0) is 48.2 Å². The van der Waals surface area contributed by atoms with Gasteiger partial charge in [-0.3, -0.25) is 4.79 Å². The van der Waals surface area contributed by atoms with Crippen LogP contribution in [0.3, 0.4) is 0 Å². The van der Waals surface area contributed by atoms with Gasteiger partial charge in [0.25, 0.3) is 5.91 Å². The lowest BCUT2D eigenvalue weighted by Crippen LogP contribution is -2.30. The van der Waals surface area contributed by atoms with Crippen LogP contribution in [0.15, 0.2) is 66.3 Å². The van der Waals surface area contributed by atoms with Gasteiger partial charge in [0.15, 0.2) is 6.61 Å². The zero-order valence-corrected chi connectivity index (χ0v) is 14.4. The van der Waals surface area contributed by atoms with Gasteiger partial charge < -0.3 is 14.6 Å². The topological polar surface area (TPSA) is 60.3 Å². The van der Waals surface area contributed by atoms with Crippen LogP contribution in [-0.4, -0.2) is 29.6 Å². The van der Waals surface area contributed by atoms with E-state index in [1.807, 2.05) is 52.7 Å².